The molecule has 0 fully saturated rings. The second-order valence-electron chi connectivity index (χ2n) is 5.96. The highest BCUT2D eigenvalue weighted by atomic mass is 16.5. The molecule has 0 N–H and O–H groups in total. The summed E-state index contributed by atoms with van der Waals surface area (Å²) < 4.78 is 4.67. The molecule has 0 saturated carbocycles. The van der Waals surface area contributed by atoms with E-state index in [-0.39, 0.29) is 18.4 Å². The first-order valence-corrected chi connectivity index (χ1v) is 8.82. The fourth-order valence-electron chi connectivity index (χ4n) is 2.42. The molecule has 0 saturated heterocycles. The lowest BCUT2D eigenvalue weighted by molar-refractivity contribution is -0.145. The van der Waals surface area contributed by atoms with Crippen LogP contribution in [0.25, 0.3) is 0 Å². The molecule has 0 aliphatic heterocycles. The topological polar surface area (TPSA) is 43.4 Å². The van der Waals surface area contributed by atoms with E-state index in [1.54, 1.807) is 0 Å². The summed E-state index contributed by atoms with van der Waals surface area (Å²) >= 11 is 0. The number of esters is 1. The summed E-state index contributed by atoms with van der Waals surface area (Å²) in [6, 6.07) is 0. The summed E-state index contributed by atoms with van der Waals surface area (Å²) in [5.41, 5.74) is 0. The lowest BCUT2D eigenvalue weighted by atomic mass is 10.0. The van der Waals surface area contributed by atoms with Crippen LogP contribution < -0.4 is 0 Å². The maximum absolute atomic E-state index is 11.4. The number of carbonyl (C=O) groups is 2. The first-order valence-electron chi connectivity index (χ1n) is 8.82. The molecular weight excluding hydrogens is 264 g/mol. The van der Waals surface area contributed by atoms with Crippen LogP contribution in [0.15, 0.2) is 0 Å². The largest absolute Gasteiger partial charge is 0.458 e. The third kappa shape index (κ3) is 17.1. The molecule has 124 valence electrons. The van der Waals surface area contributed by atoms with E-state index >= 15 is 0 Å². The SMILES string of the molecule is CCCCCCCCCCCCCCC(=O)COC(C)=O. The molecule has 0 rings (SSSR count). The summed E-state index contributed by atoms with van der Waals surface area (Å²) in [5, 5.41) is 0. The first kappa shape index (κ1) is 20.1. The average molecular weight is 298 g/mol. The molecule has 0 atom stereocenters. The number of unbranched alkanes of at least 4 members (excludes halogenated alkanes) is 11. The minimum Gasteiger partial charge on any atom is -0.458 e. The highest BCUT2D eigenvalue weighted by molar-refractivity contribution is 5.81. The maximum Gasteiger partial charge on any atom is 0.303 e. The van der Waals surface area contributed by atoms with Crippen molar-refractivity contribution in [3.63, 3.8) is 0 Å². The van der Waals surface area contributed by atoms with Gasteiger partial charge in [-0.3, -0.25) is 9.59 Å². The van der Waals surface area contributed by atoms with Crippen LogP contribution >= 0.6 is 0 Å². The van der Waals surface area contributed by atoms with Crippen molar-refractivity contribution >= 4 is 11.8 Å². The second kappa shape index (κ2) is 15.5. The third-order valence-corrected chi connectivity index (χ3v) is 3.75. The van der Waals surface area contributed by atoms with Gasteiger partial charge in [-0.15, -0.1) is 0 Å². The van der Waals surface area contributed by atoms with Crippen molar-refractivity contribution in [2.24, 2.45) is 0 Å². The van der Waals surface area contributed by atoms with Crippen molar-refractivity contribution < 1.29 is 14.3 Å². The Bertz CT molecular complexity index is 261. The quantitative estimate of drug-likeness (QED) is 0.308. The number of hydrogen-bond acceptors (Lipinski definition) is 3. The van der Waals surface area contributed by atoms with Gasteiger partial charge >= 0.3 is 5.97 Å². The van der Waals surface area contributed by atoms with Gasteiger partial charge in [0.15, 0.2) is 5.78 Å². The number of ketones is 1. The Balaban J connectivity index is 3.12. The maximum atomic E-state index is 11.4. The molecule has 0 aromatic carbocycles. The van der Waals surface area contributed by atoms with E-state index in [4.69, 9.17) is 0 Å². The van der Waals surface area contributed by atoms with Crippen LogP contribution in [0.3, 0.4) is 0 Å². The zero-order valence-electron chi connectivity index (χ0n) is 14.1. The molecule has 0 aliphatic carbocycles. The zero-order valence-corrected chi connectivity index (χ0v) is 14.1. The molecule has 0 heterocycles. The van der Waals surface area contributed by atoms with Gasteiger partial charge in [0.2, 0.25) is 0 Å². The normalized spacial score (nSPS) is 10.6. The van der Waals surface area contributed by atoms with Crippen molar-refractivity contribution in [3.05, 3.63) is 0 Å². The average Bonchev–Trinajstić information content (AvgIpc) is 2.46. The van der Waals surface area contributed by atoms with Gasteiger partial charge < -0.3 is 4.74 Å². The van der Waals surface area contributed by atoms with Crippen molar-refractivity contribution in [3.8, 4) is 0 Å². The van der Waals surface area contributed by atoms with E-state index in [1.807, 2.05) is 0 Å². The van der Waals surface area contributed by atoms with Gasteiger partial charge in [-0.05, 0) is 6.42 Å². The molecule has 0 aromatic heterocycles. The van der Waals surface area contributed by atoms with Crippen LogP contribution in [0.2, 0.25) is 0 Å². The van der Waals surface area contributed by atoms with Gasteiger partial charge in [0.25, 0.3) is 0 Å². The Morgan fingerprint density at radius 2 is 1.14 bits per heavy atom. The van der Waals surface area contributed by atoms with Crippen LogP contribution in [-0.4, -0.2) is 18.4 Å². The Labute approximate surface area is 130 Å². The van der Waals surface area contributed by atoms with E-state index in [0.717, 1.165) is 12.8 Å². The van der Waals surface area contributed by atoms with Gasteiger partial charge in [-0.1, -0.05) is 77.6 Å². The standard InChI is InChI=1S/C18H34O3/c1-3-4-5-6-7-8-9-10-11-12-13-14-15-18(20)16-21-17(2)19/h3-16H2,1-2H3. The molecule has 0 amide bonds. The lowest BCUT2D eigenvalue weighted by Crippen LogP contribution is -2.11. The van der Waals surface area contributed by atoms with E-state index in [1.165, 1.54) is 71.1 Å². The van der Waals surface area contributed by atoms with E-state index < -0.39 is 0 Å². The monoisotopic (exact) mass is 298 g/mol. The van der Waals surface area contributed by atoms with Crippen molar-refractivity contribution in [2.45, 2.75) is 97.3 Å². The highest BCUT2D eigenvalue weighted by Crippen LogP contribution is 2.12. The van der Waals surface area contributed by atoms with Gasteiger partial charge in [0, 0.05) is 13.3 Å². The van der Waals surface area contributed by atoms with Crippen LogP contribution in [-0.2, 0) is 14.3 Å². The summed E-state index contributed by atoms with van der Waals surface area (Å²) in [5.74, 6) is -0.338. The van der Waals surface area contributed by atoms with Gasteiger partial charge in [-0.25, -0.2) is 0 Å². The molecule has 0 radical (unpaired) electrons. The van der Waals surface area contributed by atoms with E-state index in [0.29, 0.717) is 6.42 Å². The van der Waals surface area contributed by atoms with Crippen LogP contribution in [0, 0.1) is 0 Å². The Hall–Kier alpha value is -0.860. The van der Waals surface area contributed by atoms with Crippen molar-refractivity contribution in [1.82, 2.24) is 0 Å². The smallest absolute Gasteiger partial charge is 0.303 e. The van der Waals surface area contributed by atoms with Crippen LogP contribution in [0.1, 0.15) is 97.3 Å². The molecule has 3 heteroatoms. The Kier molecular flexibility index (Phi) is 14.9. The molecule has 0 aromatic rings. The first-order chi connectivity index (χ1) is 10.2. The Morgan fingerprint density at radius 1 is 0.714 bits per heavy atom. The van der Waals surface area contributed by atoms with E-state index in [9.17, 15) is 9.59 Å². The predicted molar refractivity (Wildman–Crippen MR) is 87.3 cm³/mol. The fraction of sp³-hybridized carbons (Fsp3) is 0.889. The van der Waals surface area contributed by atoms with Gasteiger partial charge in [0.05, 0.1) is 0 Å². The Morgan fingerprint density at radius 3 is 1.57 bits per heavy atom. The minimum atomic E-state index is -0.377. The lowest BCUT2D eigenvalue weighted by Gasteiger charge is -2.03. The number of hydrogen-bond donors (Lipinski definition) is 0. The van der Waals surface area contributed by atoms with Crippen LogP contribution in [0.5, 0.6) is 0 Å². The number of ether oxygens (including phenoxy) is 1. The molecular formula is C18H34O3. The summed E-state index contributed by atoms with van der Waals surface area (Å²) in [4.78, 5) is 21.9. The zero-order chi connectivity index (χ0) is 15.8. The molecule has 0 bridgehead atoms. The van der Waals surface area contributed by atoms with Crippen molar-refractivity contribution in [1.29, 1.82) is 0 Å². The second-order valence-corrected chi connectivity index (χ2v) is 5.96. The number of rotatable bonds is 15. The number of Topliss-reactive ketones (excluding diaryl/α,β-unsaturated/α-hetero) is 1. The van der Waals surface area contributed by atoms with Gasteiger partial charge in [-0.2, -0.15) is 0 Å². The van der Waals surface area contributed by atoms with Crippen molar-refractivity contribution in [2.75, 3.05) is 6.61 Å². The summed E-state index contributed by atoms with van der Waals surface area (Å²) in [7, 11) is 0. The highest BCUT2D eigenvalue weighted by Gasteiger charge is 2.03. The van der Waals surface area contributed by atoms with Crippen LogP contribution in [0.4, 0.5) is 0 Å². The minimum absolute atomic E-state index is 0.0391. The number of carbonyl (C=O) groups excluding carboxylic acids is 2. The van der Waals surface area contributed by atoms with Gasteiger partial charge in [0.1, 0.15) is 6.61 Å². The van der Waals surface area contributed by atoms with E-state index in [2.05, 4.69) is 11.7 Å². The third-order valence-electron chi connectivity index (χ3n) is 3.75. The summed E-state index contributed by atoms with van der Waals surface area (Å²) in [6.45, 7) is 3.54. The predicted octanol–water partition coefficient (Wildman–Crippen LogP) is 5.21. The molecule has 21 heavy (non-hydrogen) atoms. The molecule has 0 spiro atoms. The summed E-state index contributed by atoms with van der Waals surface area (Å²) in [6.07, 6.45) is 16.1. The molecule has 3 nitrogen and oxygen atoms in total. The fourth-order valence-corrected chi connectivity index (χ4v) is 2.42. The molecule has 0 aliphatic rings. The molecule has 0 unspecified atom stereocenters.